The van der Waals surface area contributed by atoms with Gasteiger partial charge >= 0.3 is 11.9 Å². The fraction of sp³-hybridized carbons (Fsp3) is 0.333. The van der Waals surface area contributed by atoms with E-state index in [-0.39, 0.29) is 13.2 Å². The summed E-state index contributed by atoms with van der Waals surface area (Å²) in [7, 11) is 0. The van der Waals surface area contributed by atoms with Crippen molar-refractivity contribution in [3.05, 3.63) is 34.6 Å². The van der Waals surface area contributed by atoms with Gasteiger partial charge in [-0.2, -0.15) is 0 Å². The third kappa shape index (κ3) is 3.04. The average Bonchev–Trinajstić information content (AvgIpc) is 2.34. The van der Waals surface area contributed by atoms with E-state index in [9.17, 15) is 22.8 Å². The number of hydrogen-bond acceptors (Lipinski definition) is 4. The van der Waals surface area contributed by atoms with Gasteiger partial charge in [-0.05, 0) is 19.9 Å². The smallest absolute Gasteiger partial charge is 0.344 e. The summed E-state index contributed by atoms with van der Waals surface area (Å²) in [5.74, 6) is -7.37. The molecule has 0 aliphatic carbocycles. The van der Waals surface area contributed by atoms with E-state index in [2.05, 4.69) is 9.47 Å². The summed E-state index contributed by atoms with van der Waals surface area (Å²) in [5.41, 5.74) is -2.09. The van der Waals surface area contributed by atoms with Crippen LogP contribution in [0.5, 0.6) is 0 Å². The standard InChI is InChI=1S/C12H11F3O4/c1-3-18-11(16)6-5-7(13)8(10(15)9(6)14)12(17)19-4-2/h5H,3-4H2,1-2H3. The topological polar surface area (TPSA) is 52.6 Å². The molecule has 0 radical (unpaired) electrons. The molecular weight excluding hydrogens is 265 g/mol. The van der Waals surface area contributed by atoms with Crippen molar-refractivity contribution in [3.63, 3.8) is 0 Å². The van der Waals surface area contributed by atoms with Crippen molar-refractivity contribution in [1.29, 1.82) is 0 Å². The van der Waals surface area contributed by atoms with E-state index in [1.807, 2.05) is 0 Å². The minimum atomic E-state index is -1.78. The molecule has 1 rings (SSSR count). The molecule has 0 spiro atoms. The predicted octanol–water partition coefficient (Wildman–Crippen LogP) is 2.46. The molecular formula is C12H11F3O4. The quantitative estimate of drug-likeness (QED) is 0.626. The summed E-state index contributed by atoms with van der Waals surface area (Å²) in [6.07, 6.45) is 0. The zero-order valence-corrected chi connectivity index (χ0v) is 10.3. The minimum absolute atomic E-state index is 0.0822. The van der Waals surface area contributed by atoms with Crippen molar-refractivity contribution < 1.29 is 32.2 Å². The van der Waals surface area contributed by atoms with Crippen LogP contribution >= 0.6 is 0 Å². The number of halogens is 3. The summed E-state index contributed by atoms with van der Waals surface area (Å²) in [6, 6.07) is 0.405. The van der Waals surface area contributed by atoms with E-state index in [0.29, 0.717) is 6.07 Å². The molecule has 0 unspecified atom stereocenters. The van der Waals surface area contributed by atoms with Crippen molar-refractivity contribution in [2.45, 2.75) is 13.8 Å². The zero-order chi connectivity index (χ0) is 14.6. The molecule has 0 atom stereocenters. The van der Waals surface area contributed by atoms with Gasteiger partial charge in [0.1, 0.15) is 16.9 Å². The molecule has 104 valence electrons. The second-order valence-electron chi connectivity index (χ2n) is 3.35. The van der Waals surface area contributed by atoms with Gasteiger partial charge in [-0.1, -0.05) is 0 Å². The molecule has 1 aromatic carbocycles. The fourth-order valence-electron chi connectivity index (χ4n) is 1.34. The van der Waals surface area contributed by atoms with E-state index in [0.717, 1.165) is 0 Å². The molecule has 0 saturated heterocycles. The van der Waals surface area contributed by atoms with Gasteiger partial charge in [0.25, 0.3) is 0 Å². The summed E-state index contributed by atoms with van der Waals surface area (Å²) >= 11 is 0. The van der Waals surface area contributed by atoms with Gasteiger partial charge in [-0.25, -0.2) is 22.8 Å². The van der Waals surface area contributed by atoms with Gasteiger partial charge in [-0.15, -0.1) is 0 Å². The summed E-state index contributed by atoms with van der Waals surface area (Å²) in [6.45, 7) is 2.67. The lowest BCUT2D eigenvalue weighted by molar-refractivity contribution is 0.0495. The molecule has 19 heavy (non-hydrogen) atoms. The molecule has 0 aliphatic heterocycles. The highest BCUT2D eigenvalue weighted by Gasteiger charge is 2.28. The lowest BCUT2D eigenvalue weighted by Crippen LogP contribution is -2.16. The Labute approximate surface area is 107 Å². The SMILES string of the molecule is CCOC(=O)c1cc(F)c(C(=O)OCC)c(F)c1F. The predicted molar refractivity (Wildman–Crippen MR) is 58.2 cm³/mol. The van der Waals surface area contributed by atoms with Crippen molar-refractivity contribution in [1.82, 2.24) is 0 Å². The van der Waals surface area contributed by atoms with Gasteiger partial charge < -0.3 is 9.47 Å². The molecule has 0 fully saturated rings. The van der Waals surface area contributed by atoms with Crippen LogP contribution in [-0.4, -0.2) is 25.2 Å². The minimum Gasteiger partial charge on any atom is -0.462 e. The van der Waals surface area contributed by atoms with Crippen LogP contribution in [0.1, 0.15) is 34.6 Å². The van der Waals surface area contributed by atoms with Crippen LogP contribution < -0.4 is 0 Å². The van der Waals surface area contributed by atoms with Gasteiger partial charge in [0.15, 0.2) is 11.6 Å². The lowest BCUT2D eigenvalue weighted by Gasteiger charge is -2.08. The first-order valence-electron chi connectivity index (χ1n) is 5.45. The summed E-state index contributed by atoms with van der Waals surface area (Å²) < 4.78 is 49.5. The molecule has 0 amide bonds. The van der Waals surface area contributed by atoms with E-state index in [1.54, 1.807) is 0 Å². The van der Waals surface area contributed by atoms with Gasteiger partial charge in [0.05, 0.1) is 13.2 Å². The van der Waals surface area contributed by atoms with Crippen molar-refractivity contribution >= 4 is 11.9 Å². The first-order chi connectivity index (χ1) is 8.93. The molecule has 1 aromatic rings. The average molecular weight is 276 g/mol. The van der Waals surface area contributed by atoms with Crippen LogP contribution in [0.15, 0.2) is 6.07 Å². The molecule has 4 nitrogen and oxygen atoms in total. The maximum atomic E-state index is 13.6. The number of carbonyl (C=O) groups is 2. The lowest BCUT2D eigenvalue weighted by atomic mass is 10.1. The van der Waals surface area contributed by atoms with E-state index in [4.69, 9.17) is 0 Å². The van der Waals surface area contributed by atoms with Crippen LogP contribution in [0.25, 0.3) is 0 Å². The number of rotatable bonds is 4. The van der Waals surface area contributed by atoms with E-state index < -0.39 is 40.5 Å². The largest absolute Gasteiger partial charge is 0.462 e. The van der Waals surface area contributed by atoms with Gasteiger partial charge in [-0.3, -0.25) is 0 Å². The third-order valence-corrected chi connectivity index (χ3v) is 2.13. The molecule has 0 N–H and O–H groups in total. The second kappa shape index (κ2) is 6.21. The van der Waals surface area contributed by atoms with Crippen LogP contribution in [-0.2, 0) is 9.47 Å². The monoisotopic (exact) mass is 276 g/mol. The third-order valence-electron chi connectivity index (χ3n) is 2.13. The second-order valence-corrected chi connectivity index (χ2v) is 3.35. The Hall–Kier alpha value is -2.05. The summed E-state index contributed by atoms with van der Waals surface area (Å²) in [4.78, 5) is 22.5. The fourth-order valence-corrected chi connectivity index (χ4v) is 1.34. The Morgan fingerprint density at radius 2 is 1.53 bits per heavy atom. The first-order valence-corrected chi connectivity index (χ1v) is 5.45. The Bertz CT molecular complexity index is 514. The molecule has 7 heteroatoms. The summed E-state index contributed by atoms with van der Waals surface area (Å²) in [5, 5.41) is 0. The maximum absolute atomic E-state index is 13.6. The van der Waals surface area contributed by atoms with Gasteiger partial charge in [0, 0.05) is 0 Å². The van der Waals surface area contributed by atoms with Crippen LogP contribution in [0, 0.1) is 17.5 Å². The highest BCUT2D eigenvalue weighted by Crippen LogP contribution is 2.21. The van der Waals surface area contributed by atoms with Crippen molar-refractivity contribution in [2.24, 2.45) is 0 Å². The number of ether oxygens (including phenoxy) is 2. The Kier molecular flexibility index (Phi) is 4.91. The zero-order valence-electron chi connectivity index (χ0n) is 10.3. The normalized spacial score (nSPS) is 10.2. The number of hydrogen-bond donors (Lipinski definition) is 0. The van der Waals surface area contributed by atoms with Crippen molar-refractivity contribution in [2.75, 3.05) is 13.2 Å². The Morgan fingerprint density at radius 3 is 2.05 bits per heavy atom. The highest BCUT2D eigenvalue weighted by molar-refractivity contribution is 5.94. The van der Waals surface area contributed by atoms with Crippen LogP contribution in [0.2, 0.25) is 0 Å². The first kappa shape index (κ1) is 15.0. The molecule has 0 aliphatic rings. The Morgan fingerprint density at radius 1 is 1.00 bits per heavy atom. The number of esters is 2. The molecule has 0 bridgehead atoms. The molecule has 0 aromatic heterocycles. The van der Waals surface area contributed by atoms with Crippen LogP contribution in [0.4, 0.5) is 13.2 Å². The number of benzene rings is 1. The van der Waals surface area contributed by atoms with E-state index >= 15 is 0 Å². The highest BCUT2D eigenvalue weighted by atomic mass is 19.2. The number of carbonyl (C=O) groups excluding carboxylic acids is 2. The Balaban J connectivity index is 3.31. The molecule has 0 saturated carbocycles. The van der Waals surface area contributed by atoms with Crippen LogP contribution in [0.3, 0.4) is 0 Å². The van der Waals surface area contributed by atoms with Crippen molar-refractivity contribution in [3.8, 4) is 0 Å². The maximum Gasteiger partial charge on any atom is 0.344 e. The van der Waals surface area contributed by atoms with E-state index in [1.165, 1.54) is 13.8 Å². The van der Waals surface area contributed by atoms with Gasteiger partial charge in [0.2, 0.25) is 0 Å². The molecule has 0 heterocycles.